The van der Waals surface area contributed by atoms with E-state index in [1.54, 1.807) is 12.1 Å². The SMILES string of the molecule is CCC(C)Oc1cc(C(=O)N2CC3CCCC3C2C(=O)O)ccn1. The number of amides is 1. The summed E-state index contributed by atoms with van der Waals surface area (Å²) in [5.41, 5.74) is 0.439. The highest BCUT2D eigenvalue weighted by molar-refractivity contribution is 5.97. The van der Waals surface area contributed by atoms with Crippen LogP contribution >= 0.6 is 0 Å². The first-order valence-corrected chi connectivity index (χ1v) is 8.67. The highest BCUT2D eigenvalue weighted by atomic mass is 16.5. The number of pyridine rings is 1. The van der Waals surface area contributed by atoms with Crippen molar-refractivity contribution in [3.05, 3.63) is 23.9 Å². The van der Waals surface area contributed by atoms with E-state index in [2.05, 4.69) is 4.98 Å². The van der Waals surface area contributed by atoms with Gasteiger partial charge in [-0.2, -0.15) is 0 Å². The molecule has 24 heavy (non-hydrogen) atoms. The summed E-state index contributed by atoms with van der Waals surface area (Å²) in [6, 6.07) is 2.53. The van der Waals surface area contributed by atoms with Gasteiger partial charge in [0, 0.05) is 24.4 Å². The summed E-state index contributed by atoms with van der Waals surface area (Å²) in [4.78, 5) is 30.3. The van der Waals surface area contributed by atoms with Crippen molar-refractivity contribution in [3.63, 3.8) is 0 Å². The van der Waals surface area contributed by atoms with Gasteiger partial charge in [-0.25, -0.2) is 9.78 Å². The van der Waals surface area contributed by atoms with E-state index in [1.165, 1.54) is 11.1 Å². The smallest absolute Gasteiger partial charge is 0.326 e. The lowest BCUT2D eigenvalue weighted by Crippen LogP contribution is -2.43. The molecule has 1 amide bonds. The first-order chi connectivity index (χ1) is 11.5. The third-order valence-electron chi connectivity index (χ3n) is 5.28. The molecule has 2 heterocycles. The number of fused-ring (bicyclic) bond motifs is 1. The molecular weight excluding hydrogens is 308 g/mol. The van der Waals surface area contributed by atoms with E-state index in [9.17, 15) is 14.7 Å². The molecule has 130 valence electrons. The zero-order valence-corrected chi connectivity index (χ0v) is 14.1. The number of aliphatic carboxylic acids is 1. The zero-order chi connectivity index (χ0) is 17.3. The van der Waals surface area contributed by atoms with Gasteiger partial charge in [-0.15, -0.1) is 0 Å². The summed E-state index contributed by atoms with van der Waals surface area (Å²) < 4.78 is 5.67. The molecule has 0 bridgehead atoms. The van der Waals surface area contributed by atoms with Crippen molar-refractivity contribution in [1.82, 2.24) is 9.88 Å². The van der Waals surface area contributed by atoms with E-state index < -0.39 is 12.0 Å². The normalized spacial score (nSPS) is 26.9. The Labute approximate surface area is 141 Å². The number of carbonyl (C=O) groups is 2. The van der Waals surface area contributed by atoms with Gasteiger partial charge in [0.1, 0.15) is 6.04 Å². The molecular formula is C18H24N2O4. The molecule has 2 aliphatic rings. The number of carbonyl (C=O) groups excluding carboxylic acids is 1. The second-order valence-corrected chi connectivity index (χ2v) is 6.81. The van der Waals surface area contributed by atoms with Crippen LogP contribution in [0, 0.1) is 11.8 Å². The summed E-state index contributed by atoms with van der Waals surface area (Å²) in [5.74, 6) is -0.339. The molecule has 2 fully saturated rings. The zero-order valence-electron chi connectivity index (χ0n) is 14.1. The van der Waals surface area contributed by atoms with Gasteiger partial charge in [-0.1, -0.05) is 13.3 Å². The summed E-state index contributed by atoms with van der Waals surface area (Å²) >= 11 is 0. The van der Waals surface area contributed by atoms with Gasteiger partial charge in [0.25, 0.3) is 5.91 Å². The van der Waals surface area contributed by atoms with Crippen molar-refractivity contribution in [2.75, 3.05) is 6.54 Å². The average molecular weight is 332 g/mol. The summed E-state index contributed by atoms with van der Waals surface area (Å²) in [6.07, 6.45) is 5.36. The van der Waals surface area contributed by atoms with Gasteiger partial charge in [0.05, 0.1) is 6.10 Å². The maximum atomic E-state index is 12.9. The van der Waals surface area contributed by atoms with Crippen molar-refractivity contribution in [2.24, 2.45) is 11.8 Å². The highest BCUT2D eigenvalue weighted by Crippen LogP contribution is 2.42. The number of hydrogen-bond donors (Lipinski definition) is 1. The topological polar surface area (TPSA) is 79.7 Å². The predicted octanol–water partition coefficient (Wildman–Crippen LogP) is 2.58. The molecule has 6 nitrogen and oxygen atoms in total. The molecule has 1 aliphatic carbocycles. The van der Waals surface area contributed by atoms with Crippen molar-refractivity contribution in [3.8, 4) is 5.88 Å². The molecule has 4 unspecified atom stereocenters. The summed E-state index contributed by atoms with van der Waals surface area (Å²) in [7, 11) is 0. The second-order valence-electron chi connectivity index (χ2n) is 6.81. The molecule has 1 aromatic rings. The summed E-state index contributed by atoms with van der Waals surface area (Å²) in [5, 5.41) is 9.60. The minimum absolute atomic E-state index is 0.0146. The third kappa shape index (κ3) is 3.09. The largest absolute Gasteiger partial charge is 0.480 e. The maximum absolute atomic E-state index is 12.9. The third-order valence-corrected chi connectivity index (χ3v) is 5.28. The van der Waals surface area contributed by atoms with Crippen LogP contribution in [-0.2, 0) is 4.79 Å². The monoisotopic (exact) mass is 332 g/mol. The fraction of sp³-hybridized carbons (Fsp3) is 0.611. The van der Waals surface area contributed by atoms with Crippen LogP contribution < -0.4 is 4.74 Å². The Morgan fingerprint density at radius 2 is 2.25 bits per heavy atom. The van der Waals surface area contributed by atoms with Crippen molar-refractivity contribution < 1.29 is 19.4 Å². The number of likely N-dealkylation sites (tertiary alicyclic amines) is 1. The van der Waals surface area contributed by atoms with Crippen LogP contribution in [0.25, 0.3) is 0 Å². The Morgan fingerprint density at radius 1 is 1.46 bits per heavy atom. The lowest BCUT2D eigenvalue weighted by molar-refractivity contribution is -0.142. The summed E-state index contributed by atoms with van der Waals surface area (Å²) in [6.45, 7) is 4.49. The van der Waals surface area contributed by atoms with Crippen molar-refractivity contribution >= 4 is 11.9 Å². The van der Waals surface area contributed by atoms with Crippen LogP contribution in [0.3, 0.4) is 0 Å². The molecule has 1 aliphatic heterocycles. The van der Waals surface area contributed by atoms with E-state index >= 15 is 0 Å². The number of ether oxygens (including phenoxy) is 1. The lowest BCUT2D eigenvalue weighted by atomic mass is 9.94. The molecule has 1 N–H and O–H groups in total. The Bertz CT molecular complexity index is 633. The van der Waals surface area contributed by atoms with Crippen LogP contribution in [0.2, 0.25) is 0 Å². The molecule has 1 aromatic heterocycles. The Hall–Kier alpha value is -2.11. The predicted molar refractivity (Wildman–Crippen MR) is 87.9 cm³/mol. The van der Waals surface area contributed by atoms with E-state index in [0.29, 0.717) is 23.9 Å². The molecule has 4 atom stereocenters. The van der Waals surface area contributed by atoms with Crippen LogP contribution in [-0.4, -0.2) is 45.6 Å². The van der Waals surface area contributed by atoms with E-state index in [4.69, 9.17) is 4.74 Å². The van der Waals surface area contributed by atoms with Crippen LogP contribution in [0.1, 0.15) is 49.9 Å². The van der Waals surface area contributed by atoms with E-state index in [0.717, 1.165) is 25.7 Å². The molecule has 1 saturated heterocycles. The van der Waals surface area contributed by atoms with Gasteiger partial charge >= 0.3 is 5.97 Å². The van der Waals surface area contributed by atoms with E-state index in [-0.39, 0.29) is 17.9 Å². The standard InChI is InChI=1S/C18H24N2O4/c1-3-11(2)24-15-9-12(7-8-19-15)17(21)20-10-13-5-4-6-14(13)16(20)18(22)23/h7-9,11,13-14,16H,3-6,10H2,1-2H3,(H,22,23). The lowest BCUT2D eigenvalue weighted by Gasteiger charge is -2.24. The minimum atomic E-state index is -0.900. The molecule has 0 aromatic carbocycles. The Morgan fingerprint density at radius 3 is 2.96 bits per heavy atom. The number of carboxylic acid groups (broad SMARTS) is 1. The van der Waals surface area contributed by atoms with Gasteiger partial charge in [0.2, 0.25) is 5.88 Å². The Balaban J connectivity index is 1.81. The van der Waals surface area contributed by atoms with Crippen molar-refractivity contribution in [2.45, 2.75) is 51.7 Å². The first-order valence-electron chi connectivity index (χ1n) is 8.67. The quantitative estimate of drug-likeness (QED) is 0.896. The fourth-order valence-corrected chi connectivity index (χ4v) is 3.89. The number of rotatable bonds is 5. The maximum Gasteiger partial charge on any atom is 0.326 e. The number of carboxylic acids is 1. The Kier molecular flexibility index (Phi) is 4.73. The second kappa shape index (κ2) is 6.79. The molecule has 0 radical (unpaired) electrons. The molecule has 6 heteroatoms. The molecule has 1 saturated carbocycles. The minimum Gasteiger partial charge on any atom is -0.480 e. The van der Waals surface area contributed by atoms with Gasteiger partial charge in [-0.05, 0) is 44.1 Å². The van der Waals surface area contributed by atoms with Crippen LogP contribution in [0.15, 0.2) is 18.3 Å². The fourth-order valence-electron chi connectivity index (χ4n) is 3.89. The van der Waals surface area contributed by atoms with Gasteiger partial charge in [0.15, 0.2) is 0 Å². The highest BCUT2D eigenvalue weighted by Gasteiger charge is 2.49. The first kappa shape index (κ1) is 16.7. The van der Waals surface area contributed by atoms with Crippen LogP contribution in [0.5, 0.6) is 5.88 Å². The van der Waals surface area contributed by atoms with Crippen LogP contribution in [0.4, 0.5) is 0 Å². The number of hydrogen-bond acceptors (Lipinski definition) is 4. The molecule has 0 spiro atoms. The van der Waals surface area contributed by atoms with E-state index in [1.807, 2.05) is 13.8 Å². The number of nitrogens with zero attached hydrogens (tertiary/aromatic N) is 2. The van der Waals surface area contributed by atoms with Gasteiger partial charge in [-0.3, -0.25) is 4.79 Å². The van der Waals surface area contributed by atoms with Crippen molar-refractivity contribution in [1.29, 1.82) is 0 Å². The number of aromatic nitrogens is 1. The average Bonchev–Trinajstić information content (AvgIpc) is 3.14. The molecule has 3 rings (SSSR count). The van der Waals surface area contributed by atoms with Gasteiger partial charge < -0.3 is 14.7 Å².